The number of nitrogens with zero attached hydrogens (tertiary/aromatic N) is 1. The molecule has 2 N–H and O–H groups in total. The van der Waals surface area contributed by atoms with Gasteiger partial charge in [-0.05, 0) is 43.0 Å². The molecule has 6 heteroatoms. The summed E-state index contributed by atoms with van der Waals surface area (Å²) in [5.74, 6) is -0.191. The number of carbonyl (C=O) groups excluding carboxylic acids is 1. The Hall–Kier alpha value is -2.18. The van der Waals surface area contributed by atoms with Crippen LogP contribution in [-0.4, -0.2) is 16.0 Å². The number of carbonyl (C=O) groups is 1. The van der Waals surface area contributed by atoms with Gasteiger partial charge in [-0.25, -0.2) is 4.98 Å². The third-order valence-electron chi connectivity index (χ3n) is 3.17. The number of aryl methyl sites for hydroxylation is 2. The van der Waals surface area contributed by atoms with Crippen molar-refractivity contribution in [2.75, 3.05) is 5.32 Å². The lowest BCUT2D eigenvalue weighted by molar-refractivity contribution is 0.102. The smallest absolute Gasteiger partial charge is 0.267 e. The molecule has 2 aromatic heterocycles. The van der Waals surface area contributed by atoms with Crippen LogP contribution in [0.3, 0.4) is 0 Å². The highest BCUT2D eigenvalue weighted by Crippen LogP contribution is 2.31. The predicted molar refractivity (Wildman–Crippen MR) is 91.0 cm³/mol. The van der Waals surface area contributed by atoms with E-state index >= 15 is 0 Å². The van der Waals surface area contributed by atoms with E-state index in [1.165, 1.54) is 11.3 Å². The SMILES string of the molecule is Cc1ccc(NC(=O)c2sc(-c3ccsc3)nc2C)c(O)c1. The monoisotopic (exact) mass is 330 g/mol. The topological polar surface area (TPSA) is 62.2 Å². The standard InChI is InChI=1S/C16H14N2O2S2/c1-9-3-4-12(13(19)7-9)18-15(20)14-10(2)17-16(22-14)11-5-6-21-8-11/h3-8,19H,1-2H3,(H,18,20). The maximum Gasteiger partial charge on any atom is 0.267 e. The molecule has 2 heterocycles. The number of aromatic hydroxyl groups is 1. The Morgan fingerprint density at radius 1 is 1.27 bits per heavy atom. The number of hydrogen-bond donors (Lipinski definition) is 2. The summed E-state index contributed by atoms with van der Waals surface area (Å²) in [6.07, 6.45) is 0. The van der Waals surface area contributed by atoms with Gasteiger partial charge in [-0.15, -0.1) is 11.3 Å². The molecule has 0 spiro atoms. The highest BCUT2D eigenvalue weighted by Gasteiger charge is 2.17. The molecule has 0 aliphatic carbocycles. The van der Waals surface area contributed by atoms with Gasteiger partial charge in [0.25, 0.3) is 5.91 Å². The fourth-order valence-electron chi connectivity index (χ4n) is 2.04. The lowest BCUT2D eigenvalue weighted by Gasteiger charge is -2.07. The van der Waals surface area contributed by atoms with Crippen molar-refractivity contribution in [3.63, 3.8) is 0 Å². The van der Waals surface area contributed by atoms with Crippen molar-refractivity contribution >= 4 is 34.3 Å². The minimum atomic E-state index is -0.254. The molecular weight excluding hydrogens is 316 g/mol. The average Bonchev–Trinajstić information content (AvgIpc) is 3.10. The van der Waals surface area contributed by atoms with Crippen molar-refractivity contribution in [2.24, 2.45) is 0 Å². The molecule has 0 atom stereocenters. The molecule has 0 saturated carbocycles. The minimum absolute atomic E-state index is 0.0635. The molecule has 1 aromatic carbocycles. The largest absolute Gasteiger partial charge is 0.506 e. The molecule has 22 heavy (non-hydrogen) atoms. The van der Waals surface area contributed by atoms with Crippen LogP contribution >= 0.6 is 22.7 Å². The number of anilines is 1. The molecule has 0 radical (unpaired) electrons. The minimum Gasteiger partial charge on any atom is -0.506 e. The van der Waals surface area contributed by atoms with Gasteiger partial charge in [0.15, 0.2) is 0 Å². The highest BCUT2D eigenvalue weighted by atomic mass is 32.1. The normalized spacial score (nSPS) is 10.6. The van der Waals surface area contributed by atoms with Crippen molar-refractivity contribution in [3.05, 3.63) is 51.2 Å². The Kier molecular flexibility index (Phi) is 3.96. The van der Waals surface area contributed by atoms with Crippen molar-refractivity contribution in [2.45, 2.75) is 13.8 Å². The molecular formula is C16H14N2O2S2. The Balaban J connectivity index is 1.86. The van der Waals surface area contributed by atoms with Gasteiger partial charge in [0.2, 0.25) is 0 Å². The van der Waals surface area contributed by atoms with E-state index in [0.29, 0.717) is 16.3 Å². The fraction of sp³-hybridized carbons (Fsp3) is 0.125. The molecule has 3 aromatic rings. The van der Waals surface area contributed by atoms with E-state index in [0.717, 1.165) is 16.1 Å². The maximum absolute atomic E-state index is 12.4. The number of benzene rings is 1. The van der Waals surface area contributed by atoms with Gasteiger partial charge in [0.1, 0.15) is 15.6 Å². The predicted octanol–water partition coefficient (Wildman–Crippen LogP) is 4.45. The summed E-state index contributed by atoms with van der Waals surface area (Å²) in [4.78, 5) is 17.4. The summed E-state index contributed by atoms with van der Waals surface area (Å²) in [7, 11) is 0. The fourth-order valence-corrected chi connectivity index (χ4v) is 3.72. The zero-order valence-electron chi connectivity index (χ0n) is 12.1. The molecule has 0 bridgehead atoms. The zero-order valence-corrected chi connectivity index (χ0v) is 13.7. The first-order valence-corrected chi connectivity index (χ1v) is 8.41. The Morgan fingerprint density at radius 3 is 2.77 bits per heavy atom. The van der Waals surface area contributed by atoms with E-state index in [1.54, 1.807) is 23.5 Å². The Labute approximate surface area is 136 Å². The van der Waals surface area contributed by atoms with Crippen LogP contribution in [0.25, 0.3) is 10.6 Å². The number of rotatable bonds is 3. The van der Waals surface area contributed by atoms with Crippen LogP contribution in [0.4, 0.5) is 5.69 Å². The van der Waals surface area contributed by atoms with Crippen LogP contribution in [0.15, 0.2) is 35.0 Å². The Bertz CT molecular complexity index is 823. The van der Waals surface area contributed by atoms with Crippen molar-refractivity contribution < 1.29 is 9.90 Å². The van der Waals surface area contributed by atoms with Crippen molar-refractivity contribution in [1.82, 2.24) is 4.98 Å². The lowest BCUT2D eigenvalue weighted by atomic mass is 10.2. The number of thiazole rings is 1. The van der Waals surface area contributed by atoms with Crippen LogP contribution in [-0.2, 0) is 0 Å². The Morgan fingerprint density at radius 2 is 2.09 bits per heavy atom. The van der Waals surface area contributed by atoms with E-state index < -0.39 is 0 Å². The molecule has 112 valence electrons. The number of phenolic OH excluding ortho intramolecular Hbond substituents is 1. The molecule has 4 nitrogen and oxygen atoms in total. The maximum atomic E-state index is 12.4. The summed E-state index contributed by atoms with van der Waals surface area (Å²) >= 11 is 2.95. The van der Waals surface area contributed by atoms with Gasteiger partial charge < -0.3 is 10.4 Å². The van der Waals surface area contributed by atoms with Gasteiger partial charge in [-0.1, -0.05) is 6.07 Å². The van der Waals surface area contributed by atoms with Crippen molar-refractivity contribution in [1.29, 1.82) is 0 Å². The molecule has 0 saturated heterocycles. The summed E-state index contributed by atoms with van der Waals surface area (Å²) < 4.78 is 0. The van der Waals surface area contributed by atoms with E-state index in [4.69, 9.17) is 0 Å². The van der Waals surface area contributed by atoms with Crippen LogP contribution in [0.2, 0.25) is 0 Å². The second-order valence-electron chi connectivity index (χ2n) is 4.92. The van der Waals surface area contributed by atoms with Crippen LogP contribution < -0.4 is 5.32 Å². The number of amides is 1. The molecule has 0 aliphatic rings. The number of thiophene rings is 1. The third-order valence-corrected chi connectivity index (χ3v) is 5.06. The van der Waals surface area contributed by atoms with E-state index in [1.807, 2.05) is 36.7 Å². The van der Waals surface area contributed by atoms with Gasteiger partial charge in [0.05, 0.1) is 11.4 Å². The zero-order chi connectivity index (χ0) is 15.7. The second kappa shape index (κ2) is 5.90. The molecule has 0 unspecified atom stereocenters. The van der Waals surface area contributed by atoms with Crippen LogP contribution in [0.1, 0.15) is 20.9 Å². The summed E-state index contributed by atoms with van der Waals surface area (Å²) in [6.45, 7) is 3.70. The first-order valence-electron chi connectivity index (χ1n) is 6.65. The van der Waals surface area contributed by atoms with Crippen LogP contribution in [0, 0.1) is 13.8 Å². The first-order chi connectivity index (χ1) is 10.5. The molecule has 3 rings (SSSR count). The first kappa shape index (κ1) is 14.7. The molecule has 0 fully saturated rings. The highest BCUT2D eigenvalue weighted by molar-refractivity contribution is 7.17. The number of hydrogen-bond acceptors (Lipinski definition) is 5. The lowest BCUT2D eigenvalue weighted by Crippen LogP contribution is -2.11. The second-order valence-corrected chi connectivity index (χ2v) is 6.70. The van der Waals surface area contributed by atoms with Gasteiger partial charge in [-0.2, -0.15) is 11.3 Å². The number of aromatic nitrogens is 1. The van der Waals surface area contributed by atoms with E-state index in [9.17, 15) is 9.90 Å². The van der Waals surface area contributed by atoms with Crippen molar-refractivity contribution in [3.8, 4) is 16.3 Å². The van der Waals surface area contributed by atoms with Gasteiger partial charge in [0, 0.05) is 10.9 Å². The molecule has 0 aliphatic heterocycles. The number of phenols is 1. The van der Waals surface area contributed by atoms with Crippen LogP contribution in [0.5, 0.6) is 5.75 Å². The third kappa shape index (κ3) is 2.88. The quantitative estimate of drug-likeness (QED) is 0.698. The van der Waals surface area contributed by atoms with Gasteiger partial charge >= 0.3 is 0 Å². The summed E-state index contributed by atoms with van der Waals surface area (Å²) in [6, 6.07) is 7.13. The summed E-state index contributed by atoms with van der Waals surface area (Å²) in [5.41, 5.74) is 3.05. The van der Waals surface area contributed by atoms with E-state index in [-0.39, 0.29) is 11.7 Å². The molecule has 1 amide bonds. The van der Waals surface area contributed by atoms with Gasteiger partial charge in [-0.3, -0.25) is 4.79 Å². The van der Waals surface area contributed by atoms with E-state index in [2.05, 4.69) is 10.3 Å². The average molecular weight is 330 g/mol. The summed E-state index contributed by atoms with van der Waals surface area (Å²) in [5, 5.41) is 17.4. The number of nitrogens with one attached hydrogen (secondary N) is 1.